The van der Waals surface area contributed by atoms with Crippen LogP contribution in [0, 0.1) is 0 Å². The number of carbonyl (C=O) groups is 6. The molecule has 0 unspecified atom stereocenters. The standard InChI is InChI=1S/C36H26N2O8/c39-30-26-14-4-20(34(43)44)18-28(26)32(41)37(30)24-10-6-22(7-11-24)36(16-2-1-3-17-36)23-8-12-25(13-9-23)38-31(40)27-15-5-21(35(45)46)19-29(27)33(38)42/h4-15,18-19H,1-3,16-17H2,(H,43,44)(H,45,46). The molecule has 4 aromatic carbocycles. The topological polar surface area (TPSA) is 149 Å². The van der Waals surface area contributed by atoms with Crippen molar-refractivity contribution in [2.45, 2.75) is 37.5 Å². The van der Waals surface area contributed by atoms with Gasteiger partial charge in [0, 0.05) is 5.41 Å². The lowest BCUT2D eigenvalue weighted by Gasteiger charge is -2.39. The number of imide groups is 2. The fraction of sp³-hybridized carbons (Fsp3) is 0.167. The largest absolute Gasteiger partial charge is 0.478 e. The Labute approximate surface area is 262 Å². The molecule has 0 spiro atoms. The first-order chi connectivity index (χ1) is 22.1. The van der Waals surface area contributed by atoms with Gasteiger partial charge >= 0.3 is 11.9 Å². The average molecular weight is 615 g/mol. The van der Waals surface area contributed by atoms with Gasteiger partial charge in [-0.05, 0) is 84.6 Å². The molecule has 0 atom stereocenters. The van der Waals surface area contributed by atoms with Crippen LogP contribution in [0.25, 0.3) is 0 Å². The summed E-state index contributed by atoms with van der Waals surface area (Å²) in [7, 11) is 0. The number of carboxylic acid groups (broad SMARTS) is 2. The van der Waals surface area contributed by atoms with Gasteiger partial charge in [-0.3, -0.25) is 19.2 Å². The summed E-state index contributed by atoms with van der Waals surface area (Å²) in [6.07, 6.45) is 4.75. The second-order valence-corrected chi connectivity index (χ2v) is 11.8. The van der Waals surface area contributed by atoms with E-state index in [1.807, 2.05) is 24.3 Å². The summed E-state index contributed by atoms with van der Waals surface area (Å²) in [5.41, 5.74) is 2.64. The van der Waals surface area contributed by atoms with Crippen LogP contribution in [0.2, 0.25) is 0 Å². The Kier molecular flexibility index (Phi) is 6.66. The number of benzene rings is 4. The van der Waals surface area contributed by atoms with Crippen molar-refractivity contribution < 1.29 is 39.0 Å². The molecule has 10 nitrogen and oxygen atoms in total. The van der Waals surface area contributed by atoms with E-state index in [1.54, 1.807) is 24.3 Å². The molecule has 1 saturated carbocycles. The SMILES string of the molecule is O=C(O)c1ccc2c(c1)C(=O)N(c1ccc(C3(c4ccc(N5C(=O)c6ccc(C(=O)O)cc6C5=O)cc4)CCCCC3)cc1)C2=O. The zero-order valence-electron chi connectivity index (χ0n) is 24.4. The number of carbonyl (C=O) groups excluding carboxylic acids is 4. The predicted octanol–water partition coefficient (Wildman–Crippen LogP) is 5.93. The van der Waals surface area contributed by atoms with E-state index in [9.17, 15) is 39.0 Å². The molecule has 0 bridgehead atoms. The third kappa shape index (κ3) is 4.33. The quantitative estimate of drug-likeness (QED) is 0.254. The Bertz CT molecular complexity index is 1870. The molecule has 0 saturated heterocycles. The number of amides is 4. The highest BCUT2D eigenvalue weighted by molar-refractivity contribution is 6.35. The lowest BCUT2D eigenvalue weighted by Crippen LogP contribution is -2.32. The van der Waals surface area contributed by atoms with Gasteiger partial charge in [0.2, 0.25) is 0 Å². The molecule has 46 heavy (non-hydrogen) atoms. The predicted molar refractivity (Wildman–Crippen MR) is 166 cm³/mol. The number of rotatable bonds is 6. The lowest BCUT2D eigenvalue weighted by atomic mass is 9.65. The van der Waals surface area contributed by atoms with Crippen LogP contribution in [0.4, 0.5) is 11.4 Å². The highest BCUT2D eigenvalue weighted by atomic mass is 16.4. The molecule has 7 rings (SSSR count). The molecule has 2 N–H and O–H groups in total. The number of anilines is 2. The number of fused-ring (bicyclic) bond motifs is 2. The number of hydrogen-bond donors (Lipinski definition) is 2. The van der Waals surface area contributed by atoms with Gasteiger partial charge < -0.3 is 10.2 Å². The summed E-state index contributed by atoms with van der Waals surface area (Å²) in [5.74, 6) is -4.55. The van der Waals surface area contributed by atoms with Gasteiger partial charge in [0.25, 0.3) is 23.6 Å². The van der Waals surface area contributed by atoms with E-state index in [4.69, 9.17) is 0 Å². The number of aromatic carboxylic acids is 2. The molecule has 4 aromatic rings. The van der Waals surface area contributed by atoms with E-state index in [2.05, 4.69) is 0 Å². The highest BCUT2D eigenvalue weighted by Crippen LogP contribution is 2.46. The maximum atomic E-state index is 13.2. The smallest absolute Gasteiger partial charge is 0.335 e. The Morgan fingerprint density at radius 3 is 1.24 bits per heavy atom. The van der Waals surface area contributed by atoms with E-state index < -0.39 is 35.6 Å². The van der Waals surface area contributed by atoms with Gasteiger partial charge in [0.15, 0.2) is 0 Å². The summed E-state index contributed by atoms with van der Waals surface area (Å²) in [6, 6.07) is 22.3. The second-order valence-electron chi connectivity index (χ2n) is 11.8. The van der Waals surface area contributed by atoms with Crippen LogP contribution >= 0.6 is 0 Å². The van der Waals surface area contributed by atoms with Crippen LogP contribution in [-0.4, -0.2) is 45.8 Å². The van der Waals surface area contributed by atoms with E-state index in [0.29, 0.717) is 11.4 Å². The van der Waals surface area contributed by atoms with Crippen molar-refractivity contribution in [2.24, 2.45) is 0 Å². The van der Waals surface area contributed by atoms with E-state index in [-0.39, 0.29) is 38.8 Å². The van der Waals surface area contributed by atoms with Crippen molar-refractivity contribution in [1.29, 1.82) is 0 Å². The summed E-state index contributed by atoms with van der Waals surface area (Å²) in [5, 5.41) is 18.6. The van der Waals surface area contributed by atoms with Crippen LogP contribution < -0.4 is 9.80 Å². The van der Waals surface area contributed by atoms with E-state index >= 15 is 0 Å². The monoisotopic (exact) mass is 614 g/mol. The van der Waals surface area contributed by atoms with Crippen molar-refractivity contribution in [1.82, 2.24) is 0 Å². The molecule has 4 amide bonds. The summed E-state index contributed by atoms with van der Waals surface area (Å²) >= 11 is 0. The lowest BCUT2D eigenvalue weighted by molar-refractivity contribution is 0.0686. The van der Waals surface area contributed by atoms with Gasteiger partial charge in [-0.15, -0.1) is 0 Å². The maximum Gasteiger partial charge on any atom is 0.335 e. The highest BCUT2D eigenvalue weighted by Gasteiger charge is 2.40. The molecule has 0 radical (unpaired) electrons. The Morgan fingerprint density at radius 1 is 0.500 bits per heavy atom. The maximum absolute atomic E-state index is 13.2. The minimum atomic E-state index is -1.19. The Morgan fingerprint density at radius 2 is 0.870 bits per heavy atom. The van der Waals surface area contributed by atoms with Crippen LogP contribution in [0.3, 0.4) is 0 Å². The van der Waals surface area contributed by atoms with Gasteiger partial charge in [0.1, 0.15) is 0 Å². The Balaban J connectivity index is 1.18. The molecular weight excluding hydrogens is 588 g/mol. The number of carboxylic acids is 2. The minimum Gasteiger partial charge on any atom is -0.478 e. The molecule has 3 aliphatic rings. The van der Waals surface area contributed by atoms with Gasteiger partial charge in [0.05, 0.1) is 44.8 Å². The number of hydrogen-bond acceptors (Lipinski definition) is 6. The molecule has 2 heterocycles. The van der Waals surface area contributed by atoms with Crippen molar-refractivity contribution in [3.8, 4) is 0 Å². The molecule has 0 aromatic heterocycles. The molecular formula is C36H26N2O8. The van der Waals surface area contributed by atoms with Gasteiger partial charge in [-0.1, -0.05) is 43.5 Å². The van der Waals surface area contributed by atoms with Crippen LogP contribution in [0.5, 0.6) is 0 Å². The van der Waals surface area contributed by atoms with Crippen LogP contribution in [0.15, 0.2) is 84.9 Å². The van der Waals surface area contributed by atoms with Crippen molar-refractivity contribution in [3.05, 3.63) is 129 Å². The molecule has 1 fully saturated rings. The number of nitrogens with zero attached hydrogens (tertiary/aromatic N) is 2. The fourth-order valence-corrected chi connectivity index (χ4v) is 6.98. The normalized spacial score (nSPS) is 16.9. The first kappa shape index (κ1) is 28.8. The second kappa shape index (κ2) is 10.6. The summed E-state index contributed by atoms with van der Waals surface area (Å²) in [6.45, 7) is 0. The van der Waals surface area contributed by atoms with Crippen LogP contribution in [-0.2, 0) is 5.41 Å². The molecule has 2 aliphatic heterocycles. The van der Waals surface area contributed by atoms with Gasteiger partial charge in [-0.25, -0.2) is 19.4 Å². The fourth-order valence-electron chi connectivity index (χ4n) is 6.98. The average Bonchev–Trinajstić information content (AvgIpc) is 3.48. The zero-order valence-corrected chi connectivity index (χ0v) is 24.4. The molecule has 1 aliphatic carbocycles. The summed E-state index contributed by atoms with van der Waals surface area (Å²) in [4.78, 5) is 77.6. The van der Waals surface area contributed by atoms with Crippen LogP contribution in [0.1, 0.15) is 105 Å². The summed E-state index contributed by atoms with van der Waals surface area (Å²) < 4.78 is 0. The molecule has 10 heteroatoms. The van der Waals surface area contributed by atoms with Crippen molar-refractivity contribution >= 4 is 46.9 Å². The third-order valence-electron chi connectivity index (χ3n) is 9.33. The van der Waals surface area contributed by atoms with Gasteiger partial charge in [-0.2, -0.15) is 0 Å². The first-order valence-electron chi connectivity index (χ1n) is 14.8. The van der Waals surface area contributed by atoms with Crippen molar-refractivity contribution in [3.63, 3.8) is 0 Å². The Hall–Kier alpha value is -5.90. The third-order valence-corrected chi connectivity index (χ3v) is 9.33. The van der Waals surface area contributed by atoms with E-state index in [1.165, 1.54) is 36.4 Å². The molecule has 228 valence electrons. The first-order valence-corrected chi connectivity index (χ1v) is 14.8. The minimum absolute atomic E-state index is 0.0539. The van der Waals surface area contributed by atoms with Crippen molar-refractivity contribution in [2.75, 3.05) is 9.80 Å². The van der Waals surface area contributed by atoms with E-state index in [0.717, 1.165) is 53.0 Å². The zero-order chi connectivity index (χ0) is 32.3.